The highest BCUT2D eigenvalue weighted by Crippen LogP contribution is 2.26. The minimum atomic E-state index is 0.606. The van der Waals surface area contributed by atoms with E-state index in [4.69, 9.17) is 9.47 Å². The van der Waals surface area contributed by atoms with Crippen molar-refractivity contribution in [2.24, 2.45) is 0 Å². The molecule has 0 bridgehead atoms. The first-order valence-electron chi connectivity index (χ1n) is 7.75. The Hall–Kier alpha value is -2.48. The molecular weight excluding hydrogens is 284 g/mol. The summed E-state index contributed by atoms with van der Waals surface area (Å²) >= 11 is 0. The summed E-state index contributed by atoms with van der Waals surface area (Å²) in [6, 6.07) is 17.0. The van der Waals surface area contributed by atoms with Gasteiger partial charge in [-0.25, -0.2) is 0 Å². The van der Waals surface area contributed by atoms with Crippen LogP contribution in [0.15, 0.2) is 67.1 Å². The lowest BCUT2D eigenvalue weighted by Gasteiger charge is -2.14. The van der Waals surface area contributed by atoms with Gasteiger partial charge in [0.25, 0.3) is 0 Å². The van der Waals surface area contributed by atoms with Crippen molar-refractivity contribution < 1.29 is 9.47 Å². The molecule has 0 unspecified atom stereocenters. The quantitative estimate of drug-likeness (QED) is 0.533. The van der Waals surface area contributed by atoms with Crippen LogP contribution < -0.4 is 0 Å². The van der Waals surface area contributed by atoms with Crippen molar-refractivity contribution in [2.75, 3.05) is 14.2 Å². The van der Waals surface area contributed by atoms with Crippen LogP contribution >= 0.6 is 0 Å². The van der Waals surface area contributed by atoms with Gasteiger partial charge in [-0.15, -0.1) is 0 Å². The molecule has 2 heteroatoms. The minimum absolute atomic E-state index is 0.606. The predicted molar refractivity (Wildman–Crippen MR) is 96.2 cm³/mol. The van der Waals surface area contributed by atoms with E-state index in [2.05, 4.69) is 56.0 Å². The average Bonchev–Trinajstić information content (AvgIpc) is 2.59. The number of hydrogen-bond acceptors (Lipinski definition) is 2. The highest BCUT2D eigenvalue weighted by atomic mass is 16.5. The first-order valence-corrected chi connectivity index (χ1v) is 7.75. The summed E-state index contributed by atoms with van der Waals surface area (Å²) in [5, 5.41) is 0. The van der Waals surface area contributed by atoms with Gasteiger partial charge in [-0.1, -0.05) is 60.7 Å². The summed E-state index contributed by atoms with van der Waals surface area (Å²) in [5.74, 6) is 0.606. The second kappa shape index (κ2) is 8.23. The summed E-state index contributed by atoms with van der Waals surface area (Å²) < 4.78 is 10.5. The van der Waals surface area contributed by atoms with Crippen LogP contribution in [0.3, 0.4) is 0 Å². The molecule has 2 aromatic carbocycles. The SMILES string of the molecule is C=C(OC)/C(=C/OC)c1ccccc1CCc1ccc(C)cc1. The van der Waals surface area contributed by atoms with Crippen molar-refractivity contribution >= 4 is 5.57 Å². The average molecular weight is 308 g/mol. The van der Waals surface area contributed by atoms with Crippen LogP contribution in [0, 0.1) is 6.92 Å². The molecule has 0 heterocycles. The van der Waals surface area contributed by atoms with Crippen molar-refractivity contribution in [3.8, 4) is 0 Å². The van der Waals surface area contributed by atoms with Crippen LogP contribution in [0.4, 0.5) is 0 Å². The Morgan fingerprint density at radius 3 is 2.35 bits per heavy atom. The predicted octanol–water partition coefficient (Wildman–Crippen LogP) is 4.93. The summed E-state index contributed by atoms with van der Waals surface area (Å²) in [5.41, 5.74) is 5.88. The summed E-state index contributed by atoms with van der Waals surface area (Å²) in [4.78, 5) is 0. The molecule has 2 nitrogen and oxygen atoms in total. The summed E-state index contributed by atoms with van der Waals surface area (Å²) in [7, 11) is 3.26. The van der Waals surface area contributed by atoms with Gasteiger partial charge in [-0.05, 0) is 36.5 Å². The van der Waals surface area contributed by atoms with E-state index in [9.17, 15) is 0 Å². The molecule has 0 aromatic heterocycles. The van der Waals surface area contributed by atoms with Crippen molar-refractivity contribution in [3.05, 3.63) is 89.4 Å². The monoisotopic (exact) mass is 308 g/mol. The van der Waals surface area contributed by atoms with Gasteiger partial charge in [0.1, 0.15) is 5.76 Å². The summed E-state index contributed by atoms with van der Waals surface area (Å²) in [6.45, 7) is 6.08. The second-order valence-electron chi connectivity index (χ2n) is 5.54. The fraction of sp³-hybridized carbons (Fsp3) is 0.238. The maximum Gasteiger partial charge on any atom is 0.122 e. The number of ether oxygens (including phenoxy) is 2. The molecule has 2 aromatic rings. The van der Waals surface area contributed by atoms with Crippen LogP contribution in [0.1, 0.15) is 22.3 Å². The van der Waals surface area contributed by atoms with E-state index in [1.807, 2.05) is 6.07 Å². The molecule has 0 atom stereocenters. The first-order chi connectivity index (χ1) is 11.2. The van der Waals surface area contributed by atoms with Crippen molar-refractivity contribution in [2.45, 2.75) is 19.8 Å². The Bertz CT molecular complexity index is 681. The van der Waals surface area contributed by atoms with Crippen molar-refractivity contribution in [3.63, 3.8) is 0 Å². The minimum Gasteiger partial charge on any atom is -0.504 e. The van der Waals surface area contributed by atoms with Crippen LogP contribution in [0.5, 0.6) is 0 Å². The van der Waals surface area contributed by atoms with Gasteiger partial charge in [0.05, 0.1) is 26.1 Å². The molecule has 0 aliphatic carbocycles. The zero-order valence-electron chi connectivity index (χ0n) is 14.1. The zero-order chi connectivity index (χ0) is 16.7. The van der Waals surface area contributed by atoms with E-state index in [-0.39, 0.29) is 0 Å². The Morgan fingerprint density at radius 2 is 1.70 bits per heavy atom. The highest BCUT2D eigenvalue weighted by molar-refractivity contribution is 5.77. The topological polar surface area (TPSA) is 18.5 Å². The third-order valence-corrected chi connectivity index (χ3v) is 3.89. The lowest BCUT2D eigenvalue weighted by Crippen LogP contribution is -2.00. The largest absolute Gasteiger partial charge is 0.504 e. The lowest BCUT2D eigenvalue weighted by molar-refractivity contribution is 0.304. The fourth-order valence-corrected chi connectivity index (χ4v) is 2.54. The first kappa shape index (κ1) is 16.9. The maximum atomic E-state index is 5.31. The maximum absolute atomic E-state index is 5.31. The Morgan fingerprint density at radius 1 is 1.00 bits per heavy atom. The molecule has 0 fully saturated rings. The Labute approximate surface area is 139 Å². The second-order valence-corrected chi connectivity index (χ2v) is 5.54. The smallest absolute Gasteiger partial charge is 0.122 e. The van der Waals surface area contributed by atoms with Crippen molar-refractivity contribution in [1.82, 2.24) is 0 Å². The van der Waals surface area contributed by atoms with E-state index >= 15 is 0 Å². The fourth-order valence-electron chi connectivity index (χ4n) is 2.54. The molecule has 23 heavy (non-hydrogen) atoms. The van der Waals surface area contributed by atoms with E-state index < -0.39 is 0 Å². The van der Waals surface area contributed by atoms with E-state index in [1.54, 1.807) is 20.5 Å². The van der Waals surface area contributed by atoms with E-state index in [0.717, 1.165) is 24.0 Å². The van der Waals surface area contributed by atoms with Crippen LogP contribution in [-0.2, 0) is 22.3 Å². The summed E-state index contributed by atoms with van der Waals surface area (Å²) in [6.07, 6.45) is 3.64. The molecule has 0 spiro atoms. The molecule has 2 rings (SSSR count). The lowest BCUT2D eigenvalue weighted by atomic mass is 9.94. The normalized spacial score (nSPS) is 11.2. The Kier molecular flexibility index (Phi) is 6.04. The van der Waals surface area contributed by atoms with Gasteiger partial charge >= 0.3 is 0 Å². The van der Waals surface area contributed by atoms with Crippen LogP contribution in [-0.4, -0.2) is 14.2 Å². The number of methoxy groups -OCH3 is 2. The molecule has 0 N–H and O–H groups in total. The van der Waals surface area contributed by atoms with Crippen molar-refractivity contribution in [1.29, 1.82) is 0 Å². The van der Waals surface area contributed by atoms with Gasteiger partial charge < -0.3 is 9.47 Å². The number of benzene rings is 2. The third-order valence-electron chi connectivity index (χ3n) is 3.89. The highest BCUT2D eigenvalue weighted by Gasteiger charge is 2.12. The van der Waals surface area contributed by atoms with Gasteiger partial charge in [0, 0.05) is 0 Å². The van der Waals surface area contributed by atoms with Gasteiger partial charge in [-0.2, -0.15) is 0 Å². The number of allylic oxidation sites excluding steroid dienone is 1. The third kappa shape index (κ3) is 4.49. The van der Waals surface area contributed by atoms with E-state index in [1.165, 1.54) is 16.7 Å². The molecule has 120 valence electrons. The molecular formula is C21H24O2. The van der Waals surface area contributed by atoms with Crippen LogP contribution in [0.25, 0.3) is 5.57 Å². The van der Waals surface area contributed by atoms with Gasteiger partial charge in [-0.3, -0.25) is 0 Å². The standard InChI is InChI=1S/C21H24O2/c1-16-9-11-18(12-10-16)13-14-19-7-5-6-8-20(19)21(15-22-3)17(2)23-4/h5-12,15H,2,13-14H2,1,3-4H3/b21-15-. The van der Waals surface area contributed by atoms with E-state index in [0.29, 0.717) is 5.76 Å². The molecule has 0 aliphatic rings. The molecule has 0 radical (unpaired) electrons. The number of hydrogen-bond donors (Lipinski definition) is 0. The van der Waals surface area contributed by atoms with Crippen LogP contribution in [0.2, 0.25) is 0 Å². The molecule has 0 saturated carbocycles. The molecule has 0 amide bonds. The molecule has 0 saturated heterocycles. The Balaban J connectivity index is 2.24. The zero-order valence-corrected chi connectivity index (χ0v) is 14.1. The number of aryl methyl sites for hydroxylation is 3. The van der Waals surface area contributed by atoms with Gasteiger partial charge in [0.15, 0.2) is 0 Å². The van der Waals surface area contributed by atoms with Gasteiger partial charge in [0.2, 0.25) is 0 Å². The molecule has 0 aliphatic heterocycles. The number of rotatable bonds is 7.